The van der Waals surface area contributed by atoms with E-state index in [9.17, 15) is 8.78 Å². The third-order valence-electron chi connectivity index (χ3n) is 2.61. The molecule has 0 heterocycles. The predicted octanol–water partition coefficient (Wildman–Crippen LogP) is 2.27. The first kappa shape index (κ1) is 21.3. The molecule has 0 bridgehead atoms. The lowest BCUT2D eigenvalue weighted by atomic mass is 10.0. The van der Waals surface area contributed by atoms with Gasteiger partial charge in [0.05, 0.1) is 19.1 Å². The lowest BCUT2D eigenvalue weighted by Crippen LogP contribution is -2.26. The maximum atomic E-state index is 13.0. The van der Waals surface area contributed by atoms with Gasteiger partial charge in [-0.3, -0.25) is 10.2 Å². The number of nitrogens with one attached hydrogen (secondary N) is 1. The smallest absolute Gasteiger partial charge is 0.264 e. The number of nitrogens with two attached hydrogens (primary N) is 2. The number of hydrogen-bond donors (Lipinski definition) is 3. The van der Waals surface area contributed by atoms with Gasteiger partial charge < -0.3 is 9.75 Å². The van der Waals surface area contributed by atoms with Crippen LogP contribution < -0.4 is 22.1 Å². The average Bonchev–Trinajstić information content (AvgIpc) is 2.57. The van der Waals surface area contributed by atoms with Crippen LogP contribution in [0.3, 0.4) is 0 Å². The molecule has 24 heavy (non-hydrogen) atoms. The normalized spacial score (nSPS) is 11.0. The number of carbonyl (C=O) groups is 1. The van der Waals surface area contributed by atoms with Gasteiger partial charge in [0, 0.05) is 18.2 Å². The number of benzene rings is 1. The molecule has 5 N–H and O–H groups in total. The summed E-state index contributed by atoms with van der Waals surface area (Å²) in [5, 5.41) is 1.32. The minimum Gasteiger partial charge on any atom is -0.504 e. The van der Waals surface area contributed by atoms with E-state index in [2.05, 4.69) is 5.84 Å². The Kier molecular flexibility index (Phi) is 11.4. The third kappa shape index (κ3) is 8.06. The first-order valence-electron chi connectivity index (χ1n) is 6.81. The Hall–Kier alpha value is -2.71. The van der Waals surface area contributed by atoms with Crippen LogP contribution >= 0.6 is 0 Å². The summed E-state index contributed by atoms with van der Waals surface area (Å²) >= 11 is 0. The van der Waals surface area contributed by atoms with Gasteiger partial charge in [-0.15, -0.1) is 0 Å². The maximum absolute atomic E-state index is 13.0. The molecule has 0 spiro atoms. The fraction of sp³-hybridized carbons (Fsp3) is 0.188. The molecule has 1 aromatic carbocycles. The standard InChI is InChI=1S/C15H18F2N2O.CH4N2O/c1-19(18)14-10-7-9-13(15(16)17)12(14)8-5-3-4-6-11-20-2;2-3-1-4/h3-11,15H,18H2,1-2H3;1H,2H2,(H,3,4)/b4-3+,8-5+,11-6-;. The van der Waals surface area contributed by atoms with Crippen molar-refractivity contribution >= 4 is 18.2 Å². The van der Waals surface area contributed by atoms with E-state index in [4.69, 9.17) is 15.4 Å². The van der Waals surface area contributed by atoms with E-state index in [1.54, 1.807) is 62.1 Å². The molecule has 1 aromatic rings. The molecule has 6 nitrogen and oxygen atoms in total. The number of allylic oxidation sites excluding steroid dienone is 4. The van der Waals surface area contributed by atoms with Gasteiger partial charge in [-0.25, -0.2) is 20.5 Å². The summed E-state index contributed by atoms with van der Waals surface area (Å²) in [6.07, 6.45) is 7.79. The second-order valence-corrected chi connectivity index (χ2v) is 4.28. The largest absolute Gasteiger partial charge is 0.504 e. The van der Waals surface area contributed by atoms with Crippen molar-refractivity contribution in [1.29, 1.82) is 0 Å². The van der Waals surface area contributed by atoms with Crippen LogP contribution in [0, 0.1) is 0 Å². The van der Waals surface area contributed by atoms with Gasteiger partial charge in [-0.1, -0.05) is 36.4 Å². The molecule has 0 saturated carbocycles. The van der Waals surface area contributed by atoms with Crippen molar-refractivity contribution in [2.24, 2.45) is 11.7 Å². The van der Waals surface area contributed by atoms with Crippen LogP contribution in [0.5, 0.6) is 0 Å². The molecule has 0 aliphatic carbocycles. The molecule has 0 aliphatic rings. The number of alkyl halides is 2. The van der Waals surface area contributed by atoms with Crippen LogP contribution in [-0.4, -0.2) is 20.6 Å². The number of rotatable bonds is 7. The molecular formula is C16H22F2N4O2. The van der Waals surface area contributed by atoms with Crippen molar-refractivity contribution in [3.05, 3.63) is 59.9 Å². The Morgan fingerprint density at radius 3 is 2.38 bits per heavy atom. The highest BCUT2D eigenvalue weighted by Crippen LogP contribution is 2.30. The summed E-state index contributed by atoms with van der Waals surface area (Å²) in [4.78, 5) is 8.94. The molecule has 8 heteroatoms. The Morgan fingerprint density at radius 2 is 1.88 bits per heavy atom. The minimum atomic E-state index is -2.55. The van der Waals surface area contributed by atoms with Crippen LogP contribution in [0.25, 0.3) is 6.08 Å². The van der Waals surface area contributed by atoms with Crippen LogP contribution in [0.4, 0.5) is 14.5 Å². The van der Waals surface area contributed by atoms with E-state index < -0.39 is 6.43 Å². The first-order valence-corrected chi connectivity index (χ1v) is 6.81. The zero-order chi connectivity index (χ0) is 18.4. The number of amides is 1. The summed E-state index contributed by atoms with van der Waals surface area (Å²) < 4.78 is 30.7. The summed E-state index contributed by atoms with van der Waals surface area (Å²) in [6.45, 7) is 0. The lowest BCUT2D eigenvalue weighted by molar-refractivity contribution is -0.109. The van der Waals surface area contributed by atoms with Gasteiger partial charge in [-0.05, 0) is 12.1 Å². The highest BCUT2D eigenvalue weighted by Gasteiger charge is 2.14. The summed E-state index contributed by atoms with van der Waals surface area (Å²) in [6, 6.07) is 4.65. The van der Waals surface area contributed by atoms with Crippen LogP contribution in [0.15, 0.2) is 48.8 Å². The highest BCUT2D eigenvalue weighted by atomic mass is 19.3. The Balaban J connectivity index is 0.00000118. The van der Waals surface area contributed by atoms with Crippen molar-refractivity contribution in [2.75, 3.05) is 19.2 Å². The van der Waals surface area contributed by atoms with E-state index in [1.165, 1.54) is 17.3 Å². The maximum Gasteiger partial charge on any atom is 0.264 e. The van der Waals surface area contributed by atoms with Crippen molar-refractivity contribution in [1.82, 2.24) is 5.43 Å². The molecular weight excluding hydrogens is 318 g/mol. The molecule has 0 atom stereocenters. The van der Waals surface area contributed by atoms with Gasteiger partial charge in [0.2, 0.25) is 6.41 Å². The van der Waals surface area contributed by atoms with Crippen molar-refractivity contribution in [3.8, 4) is 0 Å². The van der Waals surface area contributed by atoms with Crippen molar-refractivity contribution < 1.29 is 18.3 Å². The molecule has 0 aromatic heterocycles. The number of carbonyl (C=O) groups excluding carboxylic acids is 1. The quantitative estimate of drug-likeness (QED) is 0.177. The Morgan fingerprint density at radius 1 is 1.25 bits per heavy atom. The monoisotopic (exact) mass is 340 g/mol. The fourth-order valence-corrected chi connectivity index (χ4v) is 1.65. The van der Waals surface area contributed by atoms with E-state index in [0.717, 1.165) is 0 Å². The second kappa shape index (κ2) is 12.8. The van der Waals surface area contributed by atoms with E-state index >= 15 is 0 Å². The number of ether oxygens (including phenoxy) is 1. The number of nitrogens with zero attached hydrogens (tertiary/aromatic N) is 1. The molecule has 0 radical (unpaired) electrons. The van der Waals surface area contributed by atoms with Gasteiger partial charge in [0.25, 0.3) is 6.43 Å². The molecule has 1 amide bonds. The SMILES string of the molecule is CO\C=C/C=C/C=C/c1c(C(F)F)cccc1N(C)N.NNC=O. The number of methoxy groups -OCH3 is 1. The van der Waals surface area contributed by atoms with Crippen molar-refractivity contribution in [2.45, 2.75) is 6.43 Å². The van der Waals surface area contributed by atoms with Crippen molar-refractivity contribution in [3.63, 3.8) is 0 Å². The number of halogens is 2. The molecule has 0 fully saturated rings. The first-order chi connectivity index (χ1) is 11.5. The third-order valence-corrected chi connectivity index (χ3v) is 2.61. The number of hydrazine groups is 2. The summed E-state index contributed by atoms with van der Waals surface area (Å²) in [5.41, 5.74) is 2.66. The molecule has 0 saturated heterocycles. The summed E-state index contributed by atoms with van der Waals surface area (Å²) in [5.74, 6) is 10.1. The lowest BCUT2D eigenvalue weighted by Gasteiger charge is -2.17. The molecule has 132 valence electrons. The van der Waals surface area contributed by atoms with Crippen LogP contribution in [-0.2, 0) is 9.53 Å². The predicted molar refractivity (Wildman–Crippen MR) is 91.7 cm³/mol. The van der Waals surface area contributed by atoms with Gasteiger partial charge in [-0.2, -0.15) is 0 Å². The molecule has 0 unspecified atom stereocenters. The van der Waals surface area contributed by atoms with E-state index in [-0.39, 0.29) is 5.56 Å². The van der Waals surface area contributed by atoms with E-state index in [0.29, 0.717) is 17.7 Å². The van der Waals surface area contributed by atoms with Gasteiger partial charge in [0.15, 0.2) is 0 Å². The van der Waals surface area contributed by atoms with Gasteiger partial charge in [0.1, 0.15) is 0 Å². The van der Waals surface area contributed by atoms with Crippen LogP contribution in [0.1, 0.15) is 17.6 Å². The van der Waals surface area contributed by atoms with E-state index in [1.807, 2.05) is 0 Å². The highest BCUT2D eigenvalue weighted by molar-refractivity contribution is 5.71. The Bertz CT molecular complexity index is 547. The van der Waals surface area contributed by atoms with Crippen LogP contribution in [0.2, 0.25) is 0 Å². The fourth-order valence-electron chi connectivity index (χ4n) is 1.65. The summed E-state index contributed by atoms with van der Waals surface area (Å²) in [7, 11) is 3.15. The second-order valence-electron chi connectivity index (χ2n) is 4.28. The zero-order valence-corrected chi connectivity index (χ0v) is 13.5. The zero-order valence-electron chi connectivity index (χ0n) is 13.5. The molecule has 1 rings (SSSR count). The number of hydrogen-bond acceptors (Lipinski definition) is 5. The Labute approximate surface area is 140 Å². The topological polar surface area (TPSA) is 93.6 Å². The van der Waals surface area contributed by atoms with Gasteiger partial charge >= 0.3 is 0 Å². The number of anilines is 1. The molecule has 0 aliphatic heterocycles. The minimum absolute atomic E-state index is 0.0446. The average molecular weight is 340 g/mol.